The molecule has 2 aromatic rings. The summed E-state index contributed by atoms with van der Waals surface area (Å²) in [6, 6.07) is 19.0. The molecule has 0 aliphatic carbocycles. The zero-order chi connectivity index (χ0) is 10.5. The van der Waals surface area contributed by atoms with E-state index in [1.54, 1.807) is 0 Å². The van der Waals surface area contributed by atoms with Crippen LogP contribution in [0.5, 0.6) is 0 Å². The lowest BCUT2D eigenvalue weighted by molar-refractivity contribution is 0.108. The lowest BCUT2D eigenvalue weighted by atomic mass is 10.2. The number of hydrogen-bond acceptors (Lipinski definition) is 2. The first-order valence-corrected chi connectivity index (χ1v) is 5.50. The van der Waals surface area contributed by atoms with Gasteiger partial charge in [-0.15, -0.1) is 0 Å². The van der Waals surface area contributed by atoms with Gasteiger partial charge in [0.05, 0.1) is 0 Å². The Morgan fingerprint density at radius 1 is 0.812 bits per heavy atom. The molecule has 0 spiro atoms. The van der Waals surface area contributed by atoms with Crippen molar-refractivity contribution in [1.29, 1.82) is 0 Å². The highest BCUT2D eigenvalue weighted by Gasteiger charge is 2.06. The summed E-state index contributed by atoms with van der Waals surface area (Å²) in [5, 5.41) is 0.0850. The van der Waals surface area contributed by atoms with Crippen LogP contribution in [-0.4, -0.2) is 5.12 Å². The summed E-state index contributed by atoms with van der Waals surface area (Å²) in [5.41, 5.74) is 0.742. The van der Waals surface area contributed by atoms with Gasteiger partial charge in [0.25, 0.3) is 0 Å². The first kappa shape index (κ1) is 12.9. The molecule has 0 bridgehead atoms. The van der Waals surface area contributed by atoms with Crippen molar-refractivity contribution in [2.24, 2.45) is 0 Å². The van der Waals surface area contributed by atoms with Gasteiger partial charge in [-0.3, -0.25) is 4.79 Å². The summed E-state index contributed by atoms with van der Waals surface area (Å²) in [7, 11) is 0. The van der Waals surface area contributed by atoms with Crippen LogP contribution in [0.2, 0.25) is 0 Å². The Morgan fingerprint density at radius 3 is 1.88 bits per heavy atom. The van der Waals surface area contributed by atoms with Crippen molar-refractivity contribution in [3.8, 4) is 0 Å². The Kier molecular flexibility index (Phi) is 5.15. The van der Waals surface area contributed by atoms with Gasteiger partial charge in [0.1, 0.15) is 0 Å². The van der Waals surface area contributed by atoms with E-state index in [4.69, 9.17) is 0 Å². The van der Waals surface area contributed by atoms with Crippen molar-refractivity contribution in [1.82, 2.24) is 0 Å². The number of thioether (sulfide) groups is 1. The average Bonchev–Trinajstić information content (AvgIpc) is 2.31. The second kappa shape index (κ2) is 6.40. The van der Waals surface area contributed by atoms with Gasteiger partial charge in [-0.25, -0.2) is 0 Å². The average molecular weight is 248 g/mol. The van der Waals surface area contributed by atoms with E-state index in [0.29, 0.717) is 0 Å². The van der Waals surface area contributed by atoms with Crippen molar-refractivity contribution in [3.63, 3.8) is 0 Å². The van der Waals surface area contributed by atoms with E-state index in [9.17, 15) is 4.79 Å². The molecule has 82 valence electrons. The topological polar surface area (TPSA) is 17.1 Å². The van der Waals surface area contributed by atoms with Crippen LogP contribution in [0.1, 0.15) is 10.4 Å². The SMILES string of the molecule is O=C(Sc1ccccc1)c1ccccc1.S. The fourth-order valence-corrected chi connectivity index (χ4v) is 1.99. The monoisotopic (exact) mass is 248 g/mol. The fraction of sp³-hybridized carbons (Fsp3) is 0. The zero-order valence-electron chi connectivity index (χ0n) is 8.59. The van der Waals surface area contributed by atoms with Gasteiger partial charge in [-0.1, -0.05) is 48.5 Å². The molecule has 0 radical (unpaired) electrons. The van der Waals surface area contributed by atoms with Gasteiger partial charge >= 0.3 is 0 Å². The molecule has 16 heavy (non-hydrogen) atoms. The highest BCUT2D eigenvalue weighted by atomic mass is 32.2. The van der Waals surface area contributed by atoms with Crippen molar-refractivity contribution in [3.05, 3.63) is 66.2 Å². The van der Waals surface area contributed by atoms with E-state index in [-0.39, 0.29) is 18.6 Å². The molecule has 3 heteroatoms. The highest BCUT2D eigenvalue weighted by molar-refractivity contribution is 8.14. The summed E-state index contributed by atoms with van der Waals surface area (Å²) >= 11 is 1.26. The molecule has 1 nitrogen and oxygen atoms in total. The summed E-state index contributed by atoms with van der Waals surface area (Å²) in [6.07, 6.45) is 0. The summed E-state index contributed by atoms with van der Waals surface area (Å²) in [5.74, 6) is 0. The summed E-state index contributed by atoms with van der Waals surface area (Å²) in [4.78, 5) is 12.8. The molecule has 0 saturated carbocycles. The Hall–Kier alpha value is -1.19. The Bertz CT molecular complexity index is 440. The minimum Gasteiger partial charge on any atom is -0.281 e. The third kappa shape index (κ3) is 3.43. The highest BCUT2D eigenvalue weighted by Crippen LogP contribution is 2.21. The predicted molar refractivity (Wildman–Crippen MR) is 73.5 cm³/mol. The van der Waals surface area contributed by atoms with E-state index in [0.717, 1.165) is 10.5 Å². The van der Waals surface area contributed by atoms with Gasteiger partial charge in [-0.05, 0) is 23.9 Å². The summed E-state index contributed by atoms with van der Waals surface area (Å²) in [6.45, 7) is 0. The number of hydrogen-bond donors (Lipinski definition) is 0. The molecule has 0 amide bonds. The number of rotatable bonds is 2. The Morgan fingerprint density at radius 2 is 1.31 bits per heavy atom. The molecule has 0 atom stereocenters. The zero-order valence-corrected chi connectivity index (χ0v) is 10.4. The van der Waals surface area contributed by atoms with Crippen LogP contribution in [0.15, 0.2) is 65.6 Å². The largest absolute Gasteiger partial charge is 0.281 e. The lowest BCUT2D eigenvalue weighted by Crippen LogP contribution is -1.91. The normalized spacial score (nSPS) is 9.25. The van der Waals surface area contributed by atoms with Gasteiger partial charge in [0.2, 0.25) is 5.12 Å². The fourth-order valence-electron chi connectivity index (χ4n) is 1.23. The first-order chi connectivity index (χ1) is 7.36. The lowest BCUT2D eigenvalue weighted by Gasteiger charge is -1.99. The molecule has 0 aliphatic heterocycles. The van der Waals surface area contributed by atoms with Crippen LogP contribution >= 0.6 is 25.3 Å². The molecule has 0 fully saturated rings. The second-order valence-corrected chi connectivity index (χ2v) is 4.11. The third-order valence-corrected chi connectivity index (χ3v) is 2.89. The van der Waals surface area contributed by atoms with Crippen LogP contribution in [0, 0.1) is 0 Å². The van der Waals surface area contributed by atoms with Crippen molar-refractivity contribution in [2.75, 3.05) is 0 Å². The van der Waals surface area contributed by atoms with E-state index >= 15 is 0 Å². The van der Waals surface area contributed by atoms with E-state index in [1.807, 2.05) is 60.7 Å². The molecule has 2 aromatic carbocycles. The Balaban J connectivity index is 0.00000128. The van der Waals surface area contributed by atoms with E-state index in [1.165, 1.54) is 11.8 Å². The molecule has 2 rings (SSSR count). The van der Waals surface area contributed by atoms with Gasteiger partial charge in [-0.2, -0.15) is 13.5 Å². The Labute approximate surface area is 106 Å². The van der Waals surface area contributed by atoms with E-state index < -0.39 is 0 Å². The van der Waals surface area contributed by atoms with Gasteiger partial charge in [0, 0.05) is 10.5 Å². The minimum absolute atomic E-state index is 0. The maximum Gasteiger partial charge on any atom is 0.224 e. The molecule has 0 unspecified atom stereocenters. The van der Waals surface area contributed by atoms with Crippen molar-refractivity contribution >= 4 is 30.4 Å². The standard InChI is InChI=1S/C13H10OS.H2S/c14-13(11-7-3-1-4-8-11)15-12-9-5-2-6-10-12;/h1-10H;1H2. The molecule has 0 aromatic heterocycles. The first-order valence-electron chi connectivity index (χ1n) is 4.68. The molecule has 0 saturated heterocycles. The van der Waals surface area contributed by atoms with Crippen LogP contribution in [-0.2, 0) is 0 Å². The quantitative estimate of drug-likeness (QED) is 0.753. The second-order valence-electron chi connectivity index (χ2n) is 3.07. The molecular weight excluding hydrogens is 236 g/mol. The van der Waals surface area contributed by atoms with Crippen LogP contribution in [0.3, 0.4) is 0 Å². The van der Waals surface area contributed by atoms with Crippen molar-refractivity contribution in [2.45, 2.75) is 4.90 Å². The molecule has 0 aliphatic rings. The van der Waals surface area contributed by atoms with Gasteiger partial charge in [0.15, 0.2) is 0 Å². The van der Waals surface area contributed by atoms with Crippen LogP contribution in [0.4, 0.5) is 0 Å². The number of benzene rings is 2. The van der Waals surface area contributed by atoms with Crippen LogP contribution in [0.25, 0.3) is 0 Å². The number of carbonyl (C=O) groups excluding carboxylic acids is 1. The smallest absolute Gasteiger partial charge is 0.224 e. The molecular formula is C13H12OS2. The third-order valence-electron chi connectivity index (χ3n) is 1.96. The van der Waals surface area contributed by atoms with Crippen molar-refractivity contribution < 1.29 is 4.79 Å². The maximum absolute atomic E-state index is 11.8. The van der Waals surface area contributed by atoms with Gasteiger partial charge < -0.3 is 0 Å². The van der Waals surface area contributed by atoms with Crippen LogP contribution < -0.4 is 0 Å². The molecule has 0 heterocycles. The summed E-state index contributed by atoms with van der Waals surface area (Å²) < 4.78 is 0. The molecule has 0 N–H and O–H groups in total. The van der Waals surface area contributed by atoms with E-state index in [2.05, 4.69) is 0 Å². The minimum atomic E-state index is 0. The number of carbonyl (C=O) groups is 1. The maximum atomic E-state index is 11.8. The predicted octanol–water partition coefficient (Wildman–Crippen LogP) is 3.73.